The van der Waals surface area contributed by atoms with Gasteiger partial charge in [-0.25, -0.2) is 13.4 Å². The number of nitro benzene ring substituents is 1. The van der Waals surface area contributed by atoms with Gasteiger partial charge in [0.05, 0.1) is 10.6 Å². The fourth-order valence-corrected chi connectivity index (χ4v) is 4.27. The van der Waals surface area contributed by atoms with Gasteiger partial charge >= 0.3 is 0 Å². The fourth-order valence-electron chi connectivity index (χ4n) is 2.54. The van der Waals surface area contributed by atoms with E-state index in [9.17, 15) is 18.5 Å². The van der Waals surface area contributed by atoms with Gasteiger partial charge in [-0.3, -0.25) is 10.1 Å². The van der Waals surface area contributed by atoms with Gasteiger partial charge in [-0.1, -0.05) is 30.3 Å². The van der Waals surface area contributed by atoms with Crippen LogP contribution >= 0.6 is 11.3 Å². The molecule has 0 atom stereocenters. The molecule has 7 nitrogen and oxygen atoms in total. The Kier molecular flexibility index (Phi) is 5.52. The average Bonchev–Trinajstić information content (AvgIpc) is 3.10. The molecule has 140 valence electrons. The van der Waals surface area contributed by atoms with E-state index in [1.54, 1.807) is 11.3 Å². The number of hydrogen-bond donors (Lipinski definition) is 1. The molecular formula is C18H17N3O4S2. The molecule has 1 N–H and O–H groups in total. The van der Waals surface area contributed by atoms with Crippen molar-refractivity contribution in [3.63, 3.8) is 0 Å². The number of nitrogens with zero attached hydrogens (tertiary/aromatic N) is 2. The van der Waals surface area contributed by atoms with E-state index in [2.05, 4.69) is 10.3 Å². The maximum absolute atomic E-state index is 11.8. The summed E-state index contributed by atoms with van der Waals surface area (Å²) in [6.45, 7) is 0.527. The zero-order valence-corrected chi connectivity index (χ0v) is 16.1. The summed E-state index contributed by atoms with van der Waals surface area (Å²) in [7, 11) is -3.70. The Balaban J connectivity index is 1.68. The van der Waals surface area contributed by atoms with Crippen molar-refractivity contribution in [2.24, 2.45) is 0 Å². The lowest BCUT2D eigenvalue weighted by Gasteiger charge is -2.07. The molecule has 2 aromatic carbocycles. The third-order valence-electron chi connectivity index (χ3n) is 3.84. The molecular weight excluding hydrogens is 386 g/mol. The minimum atomic E-state index is -3.70. The van der Waals surface area contributed by atoms with E-state index in [1.165, 1.54) is 18.2 Å². The molecule has 0 radical (unpaired) electrons. The van der Waals surface area contributed by atoms with Gasteiger partial charge in [-0.2, -0.15) is 0 Å². The van der Waals surface area contributed by atoms with Crippen molar-refractivity contribution in [1.29, 1.82) is 0 Å². The molecule has 3 rings (SSSR count). The van der Waals surface area contributed by atoms with Crippen molar-refractivity contribution in [3.8, 4) is 10.6 Å². The minimum Gasteiger partial charge on any atom is -0.385 e. The summed E-state index contributed by atoms with van der Waals surface area (Å²) in [5.74, 6) is 0. The minimum absolute atomic E-state index is 0.294. The van der Waals surface area contributed by atoms with Crippen LogP contribution in [0.1, 0.15) is 5.69 Å². The van der Waals surface area contributed by atoms with Gasteiger partial charge in [0.15, 0.2) is 9.84 Å². The monoisotopic (exact) mass is 403 g/mol. The highest BCUT2D eigenvalue weighted by atomic mass is 32.2. The van der Waals surface area contributed by atoms with Crippen LogP contribution in [0.5, 0.6) is 0 Å². The molecule has 0 aliphatic carbocycles. The standard InChI is InChI=1S/C18H17N3O4S2/c1-27(24,25)17-11-14(7-8-16(17)21(22)23)19-10-9-15-12-26-18(20-15)13-5-3-2-4-6-13/h2-8,11-12,19H,9-10H2,1H3. The molecule has 0 saturated carbocycles. The molecule has 0 bridgehead atoms. The Morgan fingerprint density at radius 2 is 1.93 bits per heavy atom. The highest BCUT2D eigenvalue weighted by Gasteiger charge is 2.22. The smallest absolute Gasteiger partial charge is 0.288 e. The number of thiazole rings is 1. The SMILES string of the molecule is CS(=O)(=O)c1cc(NCCc2csc(-c3ccccc3)n2)ccc1[N+](=O)[O-]. The second-order valence-corrected chi connectivity index (χ2v) is 8.74. The second-order valence-electron chi connectivity index (χ2n) is 5.90. The van der Waals surface area contributed by atoms with Crippen LogP contribution in [0, 0.1) is 10.1 Å². The highest BCUT2D eigenvalue weighted by molar-refractivity contribution is 7.90. The number of nitrogens with one attached hydrogen (secondary N) is 1. The zero-order chi connectivity index (χ0) is 19.4. The normalized spacial score (nSPS) is 11.3. The molecule has 0 fully saturated rings. The second kappa shape index (κ2) is 7.85. The van der Waals surface area contributed by atoms with Crippen LogP contribution in [-0.4, -0.2) is 31.1 Å². The lowest BCUT2D eigenvalue weighted by molar-refractivity contribution is -0.387. The maximum Gasteiger partial charge on any atom is 0.288 e. The molecule has 27 heavy (non-hydrogen) atoms. The van der Waals surface area contributed by atoms with E-state index in [1.807, 2.05) is 35.7 Å². The summed E-state index contributed by atoms with van der Waals surface area (Å²) in [6, 6.07) is 13.9. The first kappa shape index (κ1) is 19.0. The van der Waals surface area contributed by atoms with Crippen LogP contribution in [0.4, 0.5) is 11.4 Å². The number of anilines is 1. The summed E-state index contributed by atoms with van der Waals surface area (Å²) in [5, 5.41) is 17.0. The molecule has 1 aromatic heterocycles. The largest absolute Gasteiger partial charge is 0.385 e. The maximum atomic E-state index is 11.8. The third kappa shape index (κ3) is 4.69. The van der Waals surface area contributed by atoms with Crippen LogP contribution in [0.15, 0.2) is 58.8 Å². The Morgan fingerprint density at radius 3 is 2.59 bits per heavy atom. The number of rotatable bonds is 7. The first-order valence-corrected chi connectivity index (χ1v) is 10.8. The van der Waals surface area contributed by atoms with Gasteiger partial charge < -0.3 is 5.32 Å². The summed E-state index contributed by atoms with van der Waals surface area (Å²) in [6.07, 6.45) is 1.61. The summed E-state index contributed by atoms with van der Waals surface area (Å²) in [4.78, 5) is 14.6. The lowest BCUT2D eigenvalue weighted by atomic mass is 10.2. The van der Waals surface area contributed by atoms with Crippen LogP contribution in [0.2, 0.25) is 0 Å². The van der Waals surface area contributed by atoms with Crippen molar-refractivity contribution >= 4 is 32.5 Å². The summed E-state index contributed by atoms with van der Waals surface area (Å²) < 4.78 is 23.6. The summed E-state index contributed by atoms with van der Waals surface area (Å²) >= 11 is 1.57. The Morgan fingerprint density at radius 1 is 1.19 bits per heavy atom. The van der Waals surface area contributed by atoms with Crippen molar-refractivity contribution in [3.05, 3.63) is 69.7 Å². The molecule has 0 aliphatic rings. The van der Waals surface area contributed by atoms with Gasteiger partial charge in [0.2, 0.25) is 0 Å². The number of nitro groups is 1. The van der Waals surface area contributed by atoms with E-state index < -0.39 is 20.4 Å². The van der Waals surface area contributed by atoms with Gasteiger partial charge in [0, 0.05) is 41.9 Å². The topological polar surface area (TPSA) is 102 Å². The predicted octanol–water partition coefficient (Wildman–Crippen LogP) is 3.78. The quantitative estimate of drug-likeness (QED) is 0.476. The predicted molar refractivity (Wildman–Crippen MR) is 106 cm³/mol. The molecule has 0 aliphatic heterocycles. The van der Waals surface area contributed by atoms with E-state index in [4.69, 9.17) is 0 Å². The third-order valence-corrected chi connectivity index (χ3v) is 5.90. The van der Waals surface area contributed by atoms with Crippen LogP contribution in [-0.2, 0) is 16.3 Å². The highest BCUT2D eigenvalue weighted by Crippen LogP contribution is 2.27. The number of sulfone groups is 1. The van der Waals surface area contributed by atoms with Gasteiger partial charge in [0.1, 0.15) is 9.90 Å². The van der Waals surface area contributed by atoms with Gasteiger partial charge in [0.25, 0.3) is 5.69 Å². The van der Waals surface area contributed by atoms with E-state index in [-0.39, 0.29) is 4.90 Å². The molecule has 1 heterocycles. The van der Waals surface area contributed by atoms with Gasteiger partial charge in [-0.05, 0) is 12.1 Å². The van der Waals surface area contributed by atoms with E-state index in [0.29, 0.717) is 18.7 Å². The fraction of sp³-hybridized carbons (Fsp3) is 0.167. The Hall–Kier alpha value is -2.78. The van der Waals surface area contributed by atoms with E-state index >= 15 is 0 Å². The van der Waals surface area contributed by atoms with Crippen molar-refractivity contribution in [1.82, 2.24) is 4.98 Å². The summed E-state index contributed by atoms with van der Waals surface area (Å²) in [5.41, 5.74) is 2.08. The van der Waals surface area contributed by atoms with Crippen molar-refractivity contribution in [2.45, 2.75) is 11.3 Å². The zero-order valence-electron chi connectivity index (χ0n) is 14.5. The van der Waals surface area contributed by atoms with Crippen LogP contribution in [0.3, 0.4) is 0 Å². The Labute approximate surface area is 160 Å². The molecule has 0 unspecified atom stereocenters. The van der Waals surface area contributed by atoms with Gasteiger partial charge in [-0.15, -0.1) is 11.3 Å². The van der Waals surface area contributed by atoms with Crippen molar-refractivity contribution < 1.29 is 13.3 Å². The first-order chi connectivity index (χ1) is 12.8. The number of aromatic nitrogens is 1. The van der Waals surface area contributed by atoms with Crippen LogP contribution < -0.4 is 5.32 Å². The van der Waals surface area contributed by atoms with Crippen LogP contribution in [0.25, 0.3) is 10.6 Å². The molecule has 3 aromatic rings. The lowest BCUT2D eigenvalue weighted by Crippen LogP contribution is -2.08. The average molecular weight is 403 g/mol. The molecule has 0 saturated heterocycles. The first-order valence-electron chi connectivity index (χ1n) is 8.07. The molecule has 9 heteroatoms. The molecule has 0 amide bonds. The number of hydrogen-bond acceptors (Lipinski definition) is 7. The van der Waals surface area contributed by atoms with E-state index in [0.717, 1.165) is 22.5 Å². The van der Waals surface area contributed by atoms with Crippen molar-refractivity contribution in [2.75, 3.05) is 18.1 Å². The Bertz CT molecular complexity index is 1060. The molecule has 0 spiro atoms. The number of benzene rings is 2.